The van der Waals surface area contributed by atoms with Gasteiger partial charge >= 0.3 is 0 Å². The van der Waals surface area contributed by atoms with Crippen LogP contribution in [-0.4, -0.2) is 15.0 Å². The molecule has 278 valence electrons. The van der Waals surface area contributed by atoms with Crippen molar-refractivity contribution in [3.05, 3.63) is 187 Å². The van der Waals surface area contributed by atoms with Gasteiger partial charge in [-0.2, -0.15) is 0 Å². The third-order valence-corrected chi connectivity index (χ3v) is 12.2. The first kappa shape index (κ1) is 33.5. The first-order chi connectivity index (χ1) is 29.0. The molecule has 5 nitrogen and oxygen atoms in total. The standard InChI is InChI=1S/C54H35N3O2/c1-54(2)44-16-8-6-13-38(44)41-29-35(23-26-45(41)54)32-19-21-33(22-20-32)36-24-27-48-43(30-36)50-40(15-10-18-49(50)59-48)53-56-51(34-11-4-3-5-12-34)55-52(57-53)37-25-28-47-42(31-37)39-14-7-9-17-46(39)58-47/h3-31H,1-2H3. The minimum Gasteiger partial charge on any atom is -0.456 e. The highest BCUT2D eigenvalue weighted by Gasteiger charge is 2.35. The van der Waals surface area contributed by atoms with E-state index in [9.17, 15) is 0 Å². The molecule has 0 radical (unpaired) electrons. The van der Waals surface area contributed by atoms with Gasteiger partial charge < -0.3 is 8.83 Å². The monoisotopic (exact) mass is 757 g/mol. The number of nitrogens with zero attached hydrogens (tertiary/aromatic N) is 3. The zero-order valence-electron chi connectivity index (χ0n) is 32.4. The Bertz CT molecular complexity index is 3470. The van der Waals surface area contributed by atoms with Gasteiger partial charge in [-0.3, -0.25) is 0 Å². The minimum absolute atomic E-state index is 0.00860. The maximum Gasteiger partial charge on any atom is 0.164 e. The maximum absolute atomic E-state index is 6.49. The SMILES string of the molecule is CC1(C)c2ccccc2-c2cc(-c3ccc(-c4ccc5oc6cccc(-c7nc(-c8ccccc8)nc(-c8ccc9oc%10ccccc%10c9c8)n7)c6c5c4)cc3)ccc21. The lowest BCUT2D eigenvalue weighted by Gasteiger charge is -2.21. The van der Waals surface area contributed by atoms with Gasteiger partial charge in [0.25, 0.3) is 0 Å². The third-order valence-electron chi connectivity index (χ3n) is 12.2. The van der Waals surface area contributed by atoms with Crippen LogP contribution in [0.25, 0.3) is 111 Å². The van der Waals surface area contributed by atoms with Crippen LogP contribution in [0.15, 0.2) is 185 Å². The van der Waals surface area contributed by atoms with Crippen LogP contribution >= 0.6 is 0 Å². The number of fused-ring (bicyclic) bond motifs is 9. The van der Waals surface area contributed by atoms with Gasteiger partial charge in [-0.25, -0.2) is 15.0 Å². The predicted octanol–water partition coefficient (Wildman–Crippen LogP) is 14.3. The molecule has 1 aliphatic rings. The molecule has 0 spiro atoms. The Morgan fingerprint density at radius 2 is 0.881 bits per heavy atom. The van der Waals surface area contributed by atoms with Crippen molar-refractivity contribution >= 4 is 43.9 Å². The van der Waals surface area contributed by atoms with Gasteiger partial charge in [0.2, 0.25) is 0 Å². The van der Waals surface area contributed by atoms with Crippen LogP contribution in [0.2, 0.25) is 0 Å². The fourth-order valence-corrected chi connectivity index (χ4v) is 9.15. The van der Waals surface area contributed by atoms with Crippen LogP contribution in [0, 0.1) is 0 Å². The first-order valence-electron chi connectivity index (χ1n) is 20.0. The van der Waals surface area contributed by atoms with Crippen molar-refractivity contribution in [3.63, 3.8) is 0 Å². The smallest absolute Gasteiger partial charge is 0.164 e. The summed E-state index contributed by atoms with van der Waals surface area (Å²) in [6.45, 7) is 4.65. The number of rotatable bonds is 5. The van der Waals surface area contributed by atoms with E-state index in [4.69, 9.17) is 23.8 Å². The van der Waals surface area contributed by atoms with Crippen LogP contribution in [0.4, 0.5) is 0 Å². The van der Waals surface area contributed by atoms with Gasteiger partial charge in [-0.05, 0) is 93.0 Å². The van der Waals surface area contributed by atoms with Crippen LogP contribution in [-0.2, 0) is 5.41 Å². The van der Waals surface area contributed by atoms with Crippen molar-refractivity contribution in [2.75, 3.05) is 0 Å². The van der Waals surface area contributed by atoms with Crippen molar-refractivity contribution < 1.29 is 8.83 Å². The lowest BCUT2D eigenvalue weighted by Crippen LogP contribution is -2.14. The molecule has 0 unspecified atom stereocenters. The summed E-state index contributed by atoms with van der Waals surface area (Å²) < 4.78 is 12.6. The molecule has 0 amide bonds. The largest absolute Gasteiger partial charge is 0.456 e. The van der Waals surface area contributed by atoms with E-state index in [-0.39, 0.29) is 5.41 Å². The summed E-state index contributed by atoms with van der Waals surface area (Å²) in [5.74, 6) is 1.77. The van der Waals surface area contributed by atoms with E-state index in [1.165, 1.54) is 33.4 Å². The Balaban J connectivity index is 0.959. The van der Waals surface area contributed by atoms with Crippen LogP contribution in [0.5, 0.6) is 0 Å². The molecule has 0 saturated heterocycles. The van der Waals surface area contributed by atoms with Crippen LogP contribution in [0.1, 0.15) is 25.0 Å². The molecule has 8 aromatic carbocycles. The molecular formula is C54H35N3O2. The fraction of sp³-hybridized carbons (Fsp3) is 0.0556. The third kappa shape index (κ3) is 5.28. The van der Waals surface area contributed by atoms with Crippen molar-refractivity contribution in [2.45, 2.75) is 19.3 Å². The van der Waals surface area contributed by atoms with Crippen molar-refractivity contribution in [3.8, 4) is 67.5 Å². The number of benzene rings is 8. The van der Waals surface area contributed by atoms with E-state index < -0.39 is 0 Å². The molecule has 0 bridgehead atoms. The second kappa shape index (κ2) is 12.7. The Morgan fingerprint density at radius 1 is 0.339 bits per heavy atom. The molecule has 3 heterocycles. The molecule has 0 fully saturated rings. The summed E-state index contributed by atoms with van der Waals surface area (Å²) in [5.41, 5.74) is 16.0. The quantitative estimate of drug-likeness (QED) is 0.175. The Morgan fingerprint density at radius 3 is 1.71 bits per heavy atom. The van der Waals surface area contributed by atoms with E-state index in [1.54, 1.807) is 0 Å². The molecule has 12 rings (SSSR count). The topological polar surface area (TPSA) is 65.0 Å². The second-order valence-electron chi connectivity index (χ2n) is 16.0. The molecule has 0 atom stereocenters. The Kier molecular flexibility index (Phi) is 7.20. The highest BCUT2D eigenvalue weighted by molar-refractivity contribution is 6.13. The molecule has 3 aromatic heterocycles. The molecule has 0 saturated carbocycles. The highest BCUT2D eigenvalue weighted by Crippen LogP contribution is 2.49. The lowest BCUT2D eigenvalue weighted by atomic mass is 9.82. The summed E-state index contributed by atoms with van der Waals surface area (Å²) >= 11 is 0. The predicted molar refractivity (Wildman–Crippen MR) is 239 cm³/mol. The van der Waals surface area contributed by atoms with Crippen molar-refractivity contribution in [1.29, 1.82) is 0 Å². The number of para-hydroxylation sites is 1. The van der Waals surface area contributed by atoms with Crippen LogP contribution < -0.4 is 0 Å². The zero-order chi connectivity index (χ0) is 39.2. The van der Waals surface area contributed by atoms with Gasteiger partial charge in [0.05, 0.1) is 0 Å². The average molecular weight is 758 g/mol. The molecule has 59 heavy (non-hydrogen) atoms. The molecular weight excluding hydrogens is 723 g/mol. The van der Waals surface area contributed by atoms with E-state index in [2.05, 4.69) is 117 Å². The molecule has 11 aromatic rings. The summed E-state index contributed by atoms with van der Waals surface area (Å²) in [6, 6.07) is 61.5. The van der Waals surface area contributed by atoms with Crippen molar-refractivity contribution in [1.82, 2.24) is 15.0 Å². The number of furan rings is 2. The molecule has 0 N–H and O–H groups in total. The van der Waals surface area contributed by atoms with Gasteiger partial charge in [0, 0.05) is 43.7 Å². The number of hydrogen-bond acceptors (Lipinski definition) is 5. The molecule has 0 aliphatic heterocycles. The van der Waals surface area contributed by atoms with Crippen LogP contribution in [0.3, 0.4) is 0 Å². The summed E-state index contributed by atoms with van der Waals surface area (Å²) in [4.78, 5) is 15.3. The summed E-state index contributed by atoms with van der Waals surface area (Å²) in [7, 11) is 0. The number of hydrogen-bond donors (Lipinski definition) is 0. The fourth-order valence-electron chi connectivity index (χ4n) is 9.15. The summed E-state index contributed by atoms with van der Waals surface area (Å²) in [6.07, 6.45) is 0. The maximum atomic E-state index is 6.49. The van der Waals surface area contributed by atoms with Gasteiger partial charge in [0.1, 0.15) is 22.3 Å². The number of aromatic nitrogens is 3. The second-order valence-corrected chi connectivity index (χ2v) is 16.0. The van der Waals surface area contributed by atoms with E-state index >= 15 is 0 Å². The van der Waals surface area contributed by atoms with E-state index in [0.29, 0.717) is 17.5 Å². The summed E-state index contributed by atoms with van der Waals surface area (Å²) in [5, 5.41) is 4.05. The van der Waals surface area contributed by atoms with E-state index in [1.807, 2.05) is 72.8 Å². The van der Waals surface area contributed by atoms with Crippen molar-refractivity contribution in [2.24, 2.45) is 0 Å². The van der Waals surface area contributed by atoms with Gasteiger partial charge in [-0.1, -0.05) is 141 Å². The van der Waals surface area contributed by atoms with Gasteiger partial charge in [0.15, 0.2) is 17.5 Å². The highest BCUT2D eigenvalue weighted by atomic mass is 16.3. The lowest BCUT2D eigenvalue weighted by molar-refractivity contribution is 0.660. The first-order valence-corrected chi connectivity index (χ1v) is 20.0. The minimum atomic E-state index is -0.00860. The normalized spacial score (nSPS) is 13.1. The van der Waals surface area contributed by atoms with Gasteiger partial charge in [-0.15, -0.1) is 0 Å². The average Bonchev–Trinajstić information content (AvgIpc) is 3.93. The van der Waals surface area contributed by atoms with E-state index in [0.717, 1.165) is 71.7 Å². The molecule has 5 heteroatoms. The molecule has 1 aliphatic carbocycles. The Labute approximate surface area is 340 Å². The zero-order valence-corrected chi connectivity index (χ0v) is 32.4. The Hall–Kier alpha value is -7.63.